The molecule has 25 heavy (non-hydrogen) atoms. The van der Waals surface area contributed by atoms with Gasteiger partial charge in [0.15, 0.2) is 0 Å². The monoisotopic (exact) mass is 333 g/mol. The molecule has 0 bridgehead atoms. The van der Waals surface area contributed by atoms with Crippen LogP contribution in [0.3, 0.4) is 0 Å². The van der Waals surface area contributed by atoms with Crippen LogP contribution in [0.1, 0.15) is 23.8 Å². The fraction of sp³-hybridized carbons (Fsp3) is 0.286. The Labute approximate surface area is 148 Å². The van der Waals surface area contributed by atoms with Crippen molar-refractivity contribution in [3.05, 3.63) is 60.3 Å². The van der Waals surface area contributed by atoms with E-state index >= 15 is 0 Å². The maximum absolute atomic E-state index is 12.6. The lowest BCUT2D eigenvalue weighted by atomic mass is 10.2. The largest absolute Gasteiger partial charge is 0.371 e. The predicted octanol–water partition coefficient (Wildman–Crippen LogP) is 4.28. The first-order valence-corrected chi connectivity index (χ1v) is 8.82. The van der Waals surface area contributed by atoms with Crippen molar-refractivity contribution in [2.75, 3.05) is 23.3 Å². The highest BCUT2D eigenvalue weighted by Gasteiger charge is 2.19. The molecule has 0 radical (unpaired) electrons. The zero-order valence-electron chi connectivity index (χ0n) is 14.7. The predicted molar refractivity (Wildman–Crippen MR) is 103 cm³/mol. The van der Waals surface area contributed by atoms with Crippen molar-refractivity contribution in [1.29, 1.82) is 0 Å². The summed E-state index contributed by atoms with van der Waals surface area (Å²) < 4.78 is 1.94. The average Bonchev–Trinajstić information content (AvgIpc) is 3.20. The van der Waals surface area contributed by atoms with Crippen LogP contribution in [0.4, 0.5) is 11.4 Å². The molecule has 0 aliphatic carbocycles. The molecule has 1 saturated heterocycles. The van der Waals surface area contributed by atoms with Crippen LogP contribution in [0.5, 0.6) is 0 Å². The Hall–Kier alpha value is -2.75. The SMILES string of the molecule is CC1CCN(c2ccc(NC(=O)c3cc4ccccc4n3C)cc2)C1. The van der Waals surface area contributed by atoms with E-state index < -0.39 is 0 Å². The van der Waals surface area contributed by atoms with Crippen molar-refractivity contribution in [3.8, 4) is 0 Å². The minimum atomic E-state index is -0.0822. The van der Waals surface area contributed by atoms with Gasteiger partial charge in [-0.1, -0.05) is 25.1 Å². The fourth-order valence-corrected chi connectivity index (χ4v) is 3.63. The number of hydrogen-bond donors (Lipinski definition) is 1. The van der Waals surface area contributed by atoms with Gasteiger partial charge in [0.2, 0.25) is 0 Å². The maximum atomic E-state index is 12.6. The van der Waals surface area contributed by atoms with Gasteiger partial charge in [-0.05, 0) is 48.7 Å². The van der Waals surface area contributed by atoms with E-state index in [1.165, 1.54) is 12.1 Å². The van der Waals surface area contributed by atoms with Crippen LogP contribution in [0.15, 0.2) is 54.6 Å². The second-order valence-corrected chi connectivity index (χ2v) is 6.99. The van der Waals surface area contributed by atoms with Gasteiger partial charge in [0.05, 0.1) is 0 Å². The minimum absolute atomic E-state index is 0.0822. The molecule has 1 aliphatic rings. The smallest absolute Gasteiger partial charge is 0.272 e. The van der Waals surface area contributed by atoms with Crippen LogP contribution in [0.2, 0.25) is 0 Å². The number of hydrogen-bond acceptors (Lipinski definition) is 2. The number of aryl methyl sites for hydroxylation is 1. The summed E-state index contributed by atoms with van der Waals surface area (Å²) in [5.74, 6) is 0.673. The Balaban J connectivity index is 1.51. The van der Waals surface area contributed by atoms with Gasteiger partial charge in [0.25, 0.3) is 5.91 Å². The first kappa shape index (κ1) is 15.8. The summed E-state index contributed by atoms with van der Waals surface area (Å²) in [4.78, 5) is 15.0. The van der Waals surface area contributed by atoms with Gasteiger partial charge in [-0.2, -0.15) is 0 Å². The Morgan fingerprint density at radius 3 is 2.56 bits per heavy atom. The van der Waals surface area contributed by atoms with Gasteiger partial charge in [-0.3, -0.25) is 4.79 Å². The second kappa shape index (κ2) is 6.28. The van der Waals surface area contributed by atoms with E-state index in [9.17, 15) is 4.79 Å². The Kier molecular flexibility index (Phi) is 3.96. The van der Waals surface area contributed by atoms with Crippen molar-refractivity contribution in [2.24, 2.45) is 13.0 Å². The van der Waals surface area contributed by atoms with Gasteiger partial charge in [0, 0.05) is 42.4 Å². The zero-order valence-corrected chi connectivity index (χ0v) is 14.7. The number of nitrogens with one attached hydrogen (secondary N) is 1. The van der Waals surface area contributed by atoms with Crippen molar-refractivity contribution < 1.29 is 4.79 Å². The number of anilines is 2. The quantitative estimate of drug-likeness (QED) is 0.777. The van der Waals surface area contributed by atoms with Crippen molar-refractivity contribution in [2.45, 2.75) is 13.3 Å². The average molecular weight is 333 g/mol. The van der Waals surface area contributed by atoms with Crippen LogP contribution >= 0.6 is 0 Å². The molecule has 1 aliphatic heterocycles. The number of para-hydroxylation sites is 1. The summed E-state index contributed by atoms with van der Waals surface area (Å²) in [5, 5.41) is 4.09. The molecule has 4 rings (SSSR count). The van der Waals surface area contributed by atoms with Crippen LogP contribution in [-0.4, -0.2) is 23.6 Å². The number of amides is 1. The van der Waals surface area contributed by atoms with E-state index in [-0.39, 0.29) is 5.91 Å². The molecule has 1 N–H and O–H groups in total. The molecule has 2 aromatic carbocycles. The number of aromatic nitrogens is 1. The molecule has 0 saturated carbocycles. The van der Waals surface area contributed by atoms with Gasteiger partial charge in [-0.25, -0.2) is 0 Å². The van der Waals surface area contributed by atoms with Crippen LogP contribution < -0.4 is 10.2 Å². The van der Waals surface area contributed by atoms with Crippen molar-refractivity contribution in [3.63, 3.8) is 0 Å². The van der Waals surface area contributed by atoms with Gasteiger partial charge < -0.3 is 14.8 Å². The molecule has 4 nitrogen and oxygen atoms in total. The molecule has 2 heterocycles. The van der Waals surface area contributed by atoms with E-state index in [4.69, 9.17) is 0 Å². The lowest BCUT2D eigenvalue weighted by Gasteiger charge is -2.18. The fourth-order valence-electron chi connectivity index (χ4n) is 3.63. The van der Waals surface area contributed by atoms with E-state index in [1.807, 2.05) is 54.1 Å². The molecule has 1 atom stereocenters. The van der Waals surface area contributed by atoms with E-state index in [0.717, 1.165) is 35.6 Å². The van der Waals surface area contributed by atoms with Gasteiger partial charge in [0.1, 0.15) is 5.69 Å². The molecular weight excluding hydrogens is 310 g/mol. The Morgan fingerprint density at radius 1 is 1.12 bits per heavy atom. The molecule has 1 amide bonds. The molecule has 3 aromatic rings. The van der Waals surface area contributed by atoms with Gasteiger partial charge >= 0.3 is 0 Å². The third kappa shape index (κ3) is 3.00. The van der Waals surface area contributed by atoms with E-state index in [1.54, 1.807) is 0 Å². The number of nitrogens with zero attached hydrogens (tertiary/aromatic N) is 2. The summed E-state index contributed by atoms with van der Waals surface area (Å²) in [6, 6.07) is 18.1. The molecule has 1 aromatic heterocycles. The zero-order chi connectivity index (χ0) is 17.4. The highest BCUT2D eigenvalue weighted by molar-refractivity contribution is 6.06. The number of carbonyl (C=O) groups excluding carboxylic acids is 1. The topological polar surface area (TPSA) is 37.3 Å². The lowest BCUT2D eigenvalue weighted by molar-refractivity contribution is 0.102. The Bertz CT molecular complexity index is 911. The maximum Gasteiger partial charge on any atom is 0.272 e. The highest BCUT2D eigenvalue weighted by atomic mass is 16.1. The standard InChI is InChI=1S/C21H23N3O/c1-15-11-12-24(14-15)18-9-7-17(8-10-18)22-21(25)20-13-16-5-3-4-6-19(16)23(20)2/h3-10,13,15H,11-12,14H2,1-2H3,(H,22,25). The van der Waals surface area contributed by atoms with E-state index in [2.05, 4.69) is 29.3 Å². The third-order valence-electron chi connectivity index (χ3n) is 5.10. The normalized spacial score (nSPS) is 17.2. The first-order chi connectivity index (χ1) is 12.1. The first-order valence-electron chi connectivity index (χ1n) is 8.82. The van der Waals surface area contributed by atoms with Crippen molar-refractivity contribution in [1.82, 2.24) is 4.57 Å². The molecule has 0 spiro atoms. The molecular formula is C21H23N3O. The Morgan fingerprint density at radius 2 is 1.88 bits per heavy atom. The summed E-state index contributed by atoms with van der Waals surface area (Å²) in [6.07, 6.45) is 1.25. The highest BCUT2D eigenvalue weighted by Crippen LogP contribution is 2.25. The number of carbonyl (C=O) groups is 1. The molecule has 4 heteroatoms. The third-order valence-corrected chi connectivity index (χ3v) is 5.10. The lowest BCUT2D eigenvalue weighted by Crippen LogP contribution is -2.19. The number of benzene rings is 2. The van der Waals surface area contributed by atoms with Crippen LogP contribution in [0, 0.1) is 5.92 Å². The number of rotatable bonds is 3. The van der Waals surface area contributed by atoms with E-state index in [0.29, 0.717) is 5.69 Å². The molecule has 128 valence electrons. The number of fused-ring (bicyclic) bond motifs is 1. The summed E-state index contributed by atoms with van der Waals surface area (Å²) in [6.45, 7) is 4.52. The van der Waals surface area contributed by atoms with Crippen LogP contribution in [0.25, 0.3) is 10.9 Å². The molecule has 1 unspecified atom stereocenters. The van der Waals surface area contributed by atoms with Gasteiger partial charge in [-0.15, -0.1) is 0 Å². The minimum Gasteiger partial charge on any atom is -0.371 e. The van der Waals surface area contributed by atoms with Crippen molar-refractivity contribution >= 4 is 28.2 Å². The van der Waals surface area contributed by atoms with Crippen LogP contribution in [-0.2, 0) is 7.05 Å². The summed E-state index contributed by atoms with van der Waals surface area (Å²) >= 11 is 0. The molecule has 1 fully saturated rings. The summed E-state index contributed by atoms with van der Waals surface area (Å²) in [5.41, 5.74) is 3.78. The second-order valence-electron chi connectivity index (χ2n) is 6.99. The summed E-state index contributed by atoms with van der Waals surface area (Å²) in [7, 11) is 1.93.